The third-order valence-corrected chi connectivity index (χ3v) is 3.83. The van der Waals surface area contributed by atoms with Crippen molar-refractivity contribution < 1.29 is 19.2 Å². The minimum atomic E-state index is -0.656. The first-order valence-corrected chi connectivity index (χ1v) is 7.94. The van der Waals surface area contributed by atoms with E-state index in [4.69, 9.17) is 32.7 Å². The lowest BCUT2D eigenvalue weighted by molar-refractivity contribution is -0.384. The minimum Gasteiger partial charge on any atom is -0.468 e. The Labute approximate surface area is 153 Å². The number of nitro benzene ring substituents is 1. The highest BCUT2D eigenvalue weighted by atomic mass is 35.5. The zero-order valence-corrected chi connectivity index (χ0v) is 14.6. The highest BCUT2D eigenvalue weighted by Gasteiger charge is 2.20. The second-order valence-electron chi connectivity index (χ2n) is 4.75. The van der Waals surface area contributed by atoms with Crippen LogP contribution in [0.25, 0.3) is 0 Å². The first-order valence-electron chi connectivity index (χ1n) is 7.18. The molecule has 2 rings (SSSR count). The highest BCUT2D eigenvalue weighted by molar-refractivity contribution is 6.37. The molecule has 0 bridgehead atoms. The number of hydrogen-bond acceptors (Lipinski definition) is 5. The van der Waals surface area contributed by atoms with E-state index < -0.39 is 10.8 Å². The minimum absolute atomic E-state index is 0.0244. The summed E-state index contributed by atoms with van der Waals surface area (Å²) in [5, 5.41) is 13.5. The fourth-order valence-electron chi connectivity index (χ4n) is 1.91. The van der Waals surface area contributed by atoms with Crippen LogP contribution in [0.3, 0.4) is 0 Å². The SMILES string of the molecule is CCOCOc1ccc(NC(=O)c2cccc([N+](=O)[O-])c2Cl)c(Cl)c1. The smallest absolute Gasteiger partial charge is 0.288 e. The van der Waals surface area contributed by atoms with Crippen molar-refractivity contribution in [2.45, 2.75) is 6.92 Å². The number of rotatable bonds is 7. The number of nitrogens with one attached hydrogen (secondary N) is 1. The van der Waals surface area contributed by atoms with Crippen molar-refractivity contribution >= 4 is 40.5 Å². The molecule has 0 fully saturated rings. The summed E-state index contributed by atoms with van der Waals surface area (Å²) >= 11 is 12.0. The lowest BCUT2D eigenvalue weighted by Gasteiger charge is -2.11. The van der Waals surface area contributed by atoms with Crippen LogP contribution in [0, 0.1) is 10.1 Å². The van der Waals surface area contributed by atoms with Gasteiger partial charge in [-0.25, -0.2) is 0 Å². The molecule has 0 radical (unpaired) electrons. The maximum atomic E-state index is 12.3. The van der Waals surface area contributed by atoms with Gasteiger partial charge in [-0.05, 0) is 25.1 Å². The van der Waals surface area contributed by atoms with E-state index in [1.807, 2.05) is 6.92 Å². The van der Waals surface area contributed by atoms with Crippen LogP contribution >= 0.6 is 23.2 Å². The fraction of sp³-hybridized carbons (Fsp3) is 0.188. The highest BCUT2D eigenvalue weighted by Crippen LogP contribution is 2.30. The molecule has 132 valence electrons. The summed E-state index contributed by atoms with van der Waals surface area (Å²) in [5.41, 5.74) is -0.0540. The average molecular weight is 385 g/mol. The van der Waals surface area contributed by atoms with E-state index in [2.05, 4.69) is 5.32 Å². The molecule has 2 aromatic rings. The van der Waals surface area contributed by atoms with Crippen LogP contribution in [0.4, 0.5) is 11.4 Å². The Hall–Kier alpha value is -2.35. The standard InChI is InChI=1S/C16H14Cl2N2O5/c1-2-24-9-25-10-6-7-13(12(17)8-10)19-16(21)11-4-3-5-14(15(11)18)20(22)23/h3-8H,2,9H2,1H3,(H,19,21). The van der Waals surface area contributed by atoms with Gasteiger partial charge in [-0.15, -0.1) is 0 Å². The van der Waals surface area contributed by atoms with Crippen molar-refractivity contribution in [3.8, 4) is 5.75 Å². The van der Waals surface area contributed by atoms with Gasteiger partial charge in [-0.1, -0.05) is 29.3 Å². The molecule has 0 unspecified atom stereocenters. The molecule has 0 atom stereocenters. The van der Waals surface area contributed by atoms with E-state index >= 15 is 0 Å². The Morgan fingerprint density at radius 2 is 2.04 bits per heavy atom. The molecule has 1 amide bonds. The first-order chi connectivity index (χ1) is 11.9. The largest absolute Gasteiger partial charge is 0.468 e. The molecule has 0 saturated heterocycles. The Bertz CT molecular complexity index is 798. The number of carbonyl (C=O) groups excluding carboxylic acids is 1. The molecule has 0 heterocycles. The second kappa shape index (κ2) is 8.66. The predicted molar refractivity (Wildman–Crippen MR) is 94.6 cm³/mol. The third kappa shape index (κ3) is 4.82. The number of nitro groups is 1. The van der Waals surface area contributed by atoms with E-state index in [0.29, 0.717) is 18.0 Å². The topological polar surface area (TPSA) is 90.7 Å². The lowest BCUT2D eigenvalue weighted by atomic mass is 10.2. The predicted octanol–water partition coefficient (Wildman–Crippen LogP) is 4.53. The molecular formula is C16H14Cl2N2O5. The third-order valence-electron chi connectivity index (χ3n) is 3.12. The number of anilines is 1. The maximum Gasteiger partial charge on any atom is 0.288 e. The van der Waals surface area contributed by atoms with Crippen molar-refractivity contribution in [2.24, 2.45) is 0 Å². The quantitative estimate of drug-likeness (QED) is 0.327. The van der Waals surface area contributed by atoms with E-state index in [0.717, 1.165) is 0 Å². The van der Waals surface area contributed by atoms with E-state index in [-0.39, 0.29) is 28.1 Å². The van der Waals surface area contributed by atoms with Gasteiger partial charge in [0.15, 0.2) is 6.79 Å². The van der Waals surface area contributed by atoms with Gasteiger partial charge < -0.3 is 14.8 Å². The van der Waals surface area contributed by atoms with Gasteiger partial charge in [0.05, 0.1) is 21.2 Å². The molecule has 1 N–H and O–H groups in total. The fourth-order valence-corrected chi connectivity index (χ4v) is 2.40. The van der Waals surface area contributed by atoms with Gasteiger partial charge in [0.25, 0.3) is 11.6 Å². The molecule has 0 spiro atoms. The van der Waals surface area contributed by atoms with Crippen molar-refractivity contribution in [2.75, 3.05) is 18.7 Å². The molecule has 0 aliphatic carbocycles. The summed E-state index contributed by atoms with van der Waals surface area (Å²) in [7, 11) is 0. The van der Waals surface area contributed by atoms with Crippen LogP contribution < -0.4 is 10.1 Å². The molecule has 7 nitrogen and oxygen atoms in total. The normalized spacial score (nSPS) is 10.4. The van der Waals surface area contributed by atoms with Crippen LogP contribution in [0.2, 0.25) is 10.0 Å². The van der Waals surface area contributed by atoms with E-state index in [9.17, 15) is 14.9 Å². The van der Waals surface area contributed by atoms with Crippen molar-refractivity contribution in [1.29, 1.82) is 0 Å². The molecule has 0 aromatic heterocycles. The monoisotopic (exact) mass is 384 g/mol. The second-order valence-corrected chi connectivity index (χ2v) is 5.53. The number of amides is 1. The molecule has 2 aromatic carbocycles. The summed E-state index contributed by atoms with van der Waals surface area (Å²) in [6, 6.07) is 8.66. The summed E-state index contributed by atoms with van der Waals surface area (Å²) in [6.07, 6.45) is 0. The number of ether oxygens (including phenoxy) is 2. The Balaban J connectivity index is 2.16. The lowest BCUT2D eigenvalue weighted by Crippen LogP contribution is -2.13. The van der Waals surface area contributed by atoms with Crippen LogP contribution in [-0.2, 0) is 4.74 Å². The zero-order valence-electron chi connectivity index (χ0n) is 13.1. The van der Waals surface area contributed by atoms with Crippen molar-refractivity contribution in [1.82, 2.24) is 0 Å². The summed E-state index contributed by atoms with van der Waals surface area (Å²) in [6.45, 7) is 2.45. The Morgan fingerprint density at radius 1 is 1.28 bits per heavy atom. The number of nitrogens with zero attached hydrogens (tertiary/aromatic N) is 1. The number of hydrogen-bond donors (Lipinski definition) is 1. The van der Waals surface area contributed by atoms with Crippen LogP contribution in [-0.4, -0.2) is 24.2 Å². The summed E-state index contributed by atoms with van der Waals surface area (Å²) in [4.78, 5) is 22.6. The van der Waals surface area contributed by atoms with Gasteiger partial charge in [-0.2, -0.15) is 0 Å². The molecular weight excluding hydrogens is 371 g/mol. The molecule has 0 aliphatic heterocycles. The van der Waals surface area contributed by atoms with E-state index in [1.165, 1.54) is 24.3 Å². The molecule has 25 heavy (non-hydrogen) atoms. The Morgan fingerprint density at radius 3 is 2.68 bits per heavy atom. The zero-order chi connectivity index (χ0) is 18.4. The first kappa shape index (κ1) is 19.0. The maximum absolute atomic E-state index is 12.3. The van der Waals surface area contributed by atoms with Gasteiger partial charge in [0.2, 0.25) is 0 Å². The molecule has 0 saturated carbocycles. The van der Waals surface area contributed by atoms with Gasteiger partial charge >= 0.3 is 0 Å². The number of benzene rings is 2. The van der Waals surface area contributed by atoms with Gasteiger partial charge in [0, 0.05) is 18.7 Å². The van der Waals surface area contributed by atoms with Crippen LogP contribution in [0.15, 0.2) is 36.4 Å². The van der Waals surface area contributed by atoms with E-state index in [1.54, 1.807) is 12.1 Å². The van der Waals surface area contributed by atoms with Crippen molar-refractivity contribution in [3.63, 3.8) is 0 Å². The summed E-state index contributed by atoms with van der Waals surface area (Å²) in [5.74, 6) is -0.136. The number of carbonyl (C=O) groups is 1. The van der Waals surface area contributed by atoms with Crippen LogP contribution in [0.1, 0.15) is 17.3 Å². The van der Waals surface area contributed by atoms with Gasteiger partial charge in [0.1, 0.15) is 10.8 Å². The van der Waals surface area contributed by atoms with Gasteiger partial charge in [-0.3, -0.25) is 14.9 Å². The molecule has 9 heteroatoms. The number of halogens is 2. The Kier molecular flexibility index (Phi) is 6.58. The molecule has 0 aliphatic rings. The van der Waals surface area contributed by atoms with Crippen molar-refractivity contribution in [3.05, 3.63) is 62.1 Å². The average Bonchev–Trinajstić information content (AvgIpc) is 2.57. The summed E-state index contributed by atoms with van der Waals surface area (Å²) < 4.78 is 10.4. The van der Waals surface area contributed by atoms with Crippen LogP contribution in [0.5, 0.6) is 5.75 Å².